The van der Waals surface area contributed by atoms with Gasteiger partial charge in [-0.2, -0.15) is 0 Å². The number of fused-ring (bicyclic) bond motifs is 8. The fraction of sp³-hybridized carbons (Fsp3) is 0.0833. The number of hydrogen-bond donors (Lipinski definition) is 0. The first-order valence-electron chi connectivity index (χ1n) is 9.31. The Morgan fingerprint density at radius 2 is 1.52 bits per heavy atom. The molecule has 128 valence electrons. The van der Waals surface area contributed by atoms with Crippen molar-refractivity contribution in [3.8, 4) is 0 Å². The van der Waals surface area contributed by atoms with E-state index >= 15 is 0 Å². The quantitative estimate of drug-likeness (QED) is 0.372. The van der Waals surface area contributed by atoms with Crippen molar-refractivity contribution in [2.45, 2.75) is 12.3 Å². The van der Waals surface area contributed by atoms with Crippen molar-refractivity contribution in [2.24, 2.45) is 4.99 Å². The zero-order valence-corrected chi connectivity index (χ0v) is 14.7. The Labute approximate surface area is 156 Å². The Bertz CT molecular complexity index is 1350. The zero-order chi connectivity index (χ0) is 17.8. The highest BCUT2D eigenvalue weighted by molar-refractivity contribution is 6.02. The van der Waals surface area contributed by atoms with Crippen LogP contribution in [0.5, 0.6) is 0 Å². The summed E-state index contributed by atoms with van der Waals surface area (Å²) in [5.41, 5.74) is 7.97. The number of nitrogens with zero attached hydrogens (tertiary/aromatic N) is 3. The number of para-hydroxylation sites is 3. The Hall–Kier alpha value is -3.46. The molecule has 0 aliphatic carbocycles. The summed E-state index contributed by atoms with van der Waals surface area (Å²) in [5.74, 6) is 0.266. The third kappa shape index (κ3) is 2.02. The normalized spacial score (nSPS) is 16.2. The van der Waals surface area contributed by atoms with Crippen LogP contribution in [-0.2, 0) is 0 Å². The summed E-state index contributed by atoms with van der Waals surface area (Å²) in [5, 5.41) is 1.18. The highest BCUT2D eigenvalue weighted by atomic mass is 15.0. The predicted molar refractivity (Wildman–Crippen MR) is 111 cm³/mol. The number of imidazole rings is 1. The van der Waals surface area contributed by atoms with Gasteiger partial charge in [0.15, 0.2) is 0 Å². The molecular formula is C24H17N3. The molecule has 1 atom stereocenters. The van der Waals surface area contributed by atoms with Crippen molar-refractivity contribution in [3.63, 3.8) is 0 Å². The highest BCUT2D eigenvalue weighted by Crippen LogP contribution is 2.44. The molecule has 3 heteroatoms. The SMILES string of the molecule is C1=Nc2c(c3nc4ccccc4n3c3ccccc23)C(c2ccccc2)C1. The molecule has 0 spiro atoms. The average Bonchev–Trinajstić information content (AvgIpc) is 3.14. The molecule has 6 rings (SSSR count). The van der Waals surface area contributed by atoms with Gasteiger partial charge in [-0.3, -0.25) is 9.39 Å². The van der Waals surface area contributed by atoms with E-state index in [1.54, 1.807) is 0 Å². The molecule has 3 heterocycles. The lowest BCUT2D eigenvalue weighted by Crippen LogP contribution is -2.09. The van der Waals surface area contributed by atoms with E-state index in [4.69, 9.17) is 9.98 Å². The summed E-state index contributed by atoms with van der Waals surface area (Å²) in [7, 11) is 0. The van der Waals surface area contributed by atoms with Gasteiger partial charge in [-0.25, -0.2) is 4.98 Å². The van der Waals surface area contributed by atoms with Crippen LogP contribution in [0.25, 0.3) is 27.6 Å². The van der Waals surface area contributed by atoms with Crippen molar-refractivity contribution in [2.75, 3.05) is 0 Å². The second kappa shape index (κ2) is 5.52. The molecule has 1 aliphatic rings. The number of benzene rings is 3. The number of aromatic nitrogens is 2. The molecule has 27 heavy (non-hydrogen) atoms. The largest absolute Gasteiger partial charge is 0.292 e. The van der Waals surface area contributed by atoms with Crippen LogP contribution in [0.3, 0.4) is 0 Å². The lowest BCUT2D eigenvalue weighted by atomic mass is 9.86. The standard InChI is InChI=1S/C24H17N3/c1-2-8-16(9-3-1)17-14-15-25-23-18-10-4-6-12-20(18)27-21-13-7-5-11-19(21)26-24(27)22(17)23/h1-13,15,17H,14H2. The molecule has 1 unspecified atom stereocenters. The first-order chi connectivity index (χ1) is 13.4. The molecule has 0 saturated heterocycles. The monoisotopic (exact) mass is 347 g/mol. The first kappa shape index (κ1) is 14.7. The Balaban J connectivity index is 1.84. The van der Waals surface area contributed by atoms with Gasteiger partial charge in [0.2, 0.25) is 0 Å². The van der Waals surface area contributed by atoms with Crippen LogP contribution in [0.4, 0.5) is 5.69 Å². The molecule has 0 amide bonds. The Morgan fingerprint density at radius 1 is 0.778 bits per heavy atom. The van der Waals surface area contributed by atoms with Gasteiger partial charge in [-0.05, 0) is 30.2 Å². The fourth-order valence-corrected chi connectivity index (χ4v) is 4.39. The van der Waals surface area contributed by atoms with Crippen LogP contribution in [0.1, 0.15) is 23.5 Å². The molecule has 5 aromatic rings. The third-order valence-electron chi connectivity index (χ3n) is 5.57. The lowest BCUT2D eigenvalue weighted by Gasteiger charge is -2.24. The summed E-state index contributed by atoms with van der Waals surface area (Å²) in [6, 6.07) is 27.6. The molecule has 0 saturated carbocycles. The van der Waals surface area contributed by atoms with Crippen molar-refractivity contribution in [1.29, 1.82) is 0 Å². The summed E-state index contributed by atoms with van der Waals surface area (Å²) < 4.78 is 2.31. The van der Waals surface area contributed by atoms with Gasteiger partial charge in [0.05, 0.1) is 22.2 Å². The van der Waals surface area contributed by atoms with E-state index in [2.05, 4.69) is 89.5 Å². The van der Waals surface area contributed by atoms with Crippen LogP contribution in [0, 0.1) is 0 Å². The fourth-order valence-electron chi connectivity index (χ4n) is 4.39. The molecule has 3 aromatic carbocycles. The number of hydrogen-bond acceptors (Lipinski definition) is 2. The minimum absolute atomic E-state index is 0.266. The molecule has 0 bridgehead atoms. The zero-order valence-electron chi connectivity index (χ0n) is 14.7. The molecular weight excluding hydrogens is 330 g/mol. The Morgan fingerprint density at radius 3 is 2.41 bits per heavy atom. The summed E-state index contributed by atoms with van der Waals surface area (Å²) in [4.78, 5) is 9.88. The molecule has 0 radical (unpaired) electrons. The second-order valence-corrected chi connectivity index (χ2v) is 7.05. The molecule has 0 fully saturated rings. The van der Waals surface area contributed by atoms with E-state index in [9.17, 15) is 0 Å². The first-order valence-corrected chi connectivity index (χ1v) is 9.31. The second-order valence-electron chi connectivity index (χ2n) is 7.05. The minimum atomic E-state index is 0.266. The minimum Gasteiger partial charge on any atom is -0.292 e. The third-order valence-corrected chi connectivity index (χ3v) is 5.57. The topological polar surface area (TPSA) is 29.7 Å². The van der Waals surface area contributed by atoms with Gasteiger partial charge in [-0.15, -0.1) is 0 Å². The van der Waals surface area contributed by atoms with Crippen LogP contribution >= 0.6 is 0 Å². The van der Waals surface area contributed by atoms with Crippen molar-refractivity contribution >= 4 is 39.5 Å². The van der Waals surface area contributed by atoms with Crippen molar-refractivity contribution < 1.29 is 0 Å². The highest BCUT2D eigenvalue weighted by Gasteiger charge is 2.27. The van der Waals surface area contributed by atoms with E-state index in [0.29, 0.717) is 0 Å². The summed E-state index contributed by atoms with van der Waals surface area (Å²) in [6.45, 7) is 0. The van der Waals surface area contributed by atoms with Crippen LogP contribution in [0.2, 0.25) is 0 Å². The van der Waals surface area contributed by atoms with Gasteiger partial charge < -0.3 is 0 Å². The number of rotatable bonds is 1. The van der Waals surface area contributed by atoms with Crippen LogP contribution < -0.4 is 0 Å². The maximum absolute atomic E-state index is 5.04. The van der Waals surface area contributed by atoms with Gasteiger partial charge in [0, 0.05) is 23.1 Å². The van der Waals surface area contributed by atoms with E-state index < -0.39 is 0 Å². The van der Waals surface area contributed by atoms with Gasteiger partial charge in [0.1, 0.15) is 5.65 Å². The molecule has 1 aliphatic heterocycles. The van der Waals surface area contributed by atoms with Crippen molar-refractivity contribution in [1.82, 2.24) is 9.38 Å². The van der Waals surface area contributed by atoms with Gasteiger partial charge in [-0.1, -0.05) is 60.7 Å². The average molecular weight is 347 g/mol. The van der Waals surface area contributed by atoms with Gasteiger partial charge >= 0.3 is 0 Å². The maximum Gasteiger partial charge on any atom is 0.144 e. The Kier molecular flexibility index (Phi) is 3.00. The molecule has 0 N–H and O–H groups in total. The maximum atomic E-state index is 5.04. The number of pyridine rings is 1. The van der Waals surface area contributed by atoms with E-state index in [1.165, 1.54) is 16.5 Å². The van der Waals surface area contributed by atoms with E-state index in [1.807, 2.05) is 0 Å². The van der Waals surface area contributed by atoms with E-state index in [0.717, 1.165) is 34.3 Å². The molecule has 2 aromatic heterocycles. The molecule has 3 nitrogen and oxygen atoms in total. The van der Waals surface area contributed by atoms with Crippen LogP contribution in [-0.4, -0.2) is 15.6 Å². The lowest BCUT2D eigenvalue weighted by molar-refractivity contribution is 0.853. The summed E-state index contributed by atoms with van der Waals surface area (Å²) >= 11 is 0. The van der Waals surface area contributed by atoms with Crippen LogP contribution in [0.15, 0.2) is 83.9 Å². The smallest absolute Gasteiger partial charge is 0.144 e. The van der Waals surface area contributed by atoms with Crippen molar-refractivity contribution in [3.05, 3.63) is 90.0 Å². The van der Waals surface area contributed by atoms with E-state index in [-0.39, 0.29) is 5.92 Å². The summed E-state index contributed by atoms with van der Waals surface area (Å²) in [6.07, 6.45) is 2.96. The predicted octanol–water partition coefficient (Wildman–Crippen LogP) is 5.88. The number of aliphatic imine (C=N–C) groups is 1. The van der Waals surface area contributed by atoms with Gasteiger partial charge in [0.25, 0.3) is 0 Å².